The van der Waals surface area contributed by atoms with Gasteiger partial charge in [0.25, 0.3) is 0 Å². The van der Waals surface area contributed by atoms with Crippen molar-refractivity contribution in [3.8, 4) is 0 Å². The van der Waals surface area contributed by atoms with Crippen LogP contribution in [0.25, 0.3) is 0 Å². The normalized spacial score (nSPS) is 19.0. The van der Waals surface area contributed by atoms with Crippen LogP contribution in [0, 0.1) is 11.3 Å². The average Bonchev–Trinajstić information content (AvgIpc) is 2.87. The van der Waals surface area contributed by atoms with Crippen molar-refractivity contribution in [1.82, 2.24) is 4.98 Å². The number of rotatable bonds is 3. The Morgan fingerprint density at radius 3 is 2.69 bits per heavy atom. The standard InChI is InChI=1S/C12H17N/c1-10(2)12(5-6-12)8-11-4-3-7-13-9-11/h3-4,7,9-10H,5-6,8H2,1-2H3. The second-order valence-corrected chi connectivity index (χ2v) is 4.56. The molecule has 0 aromatic carbocycles. The van der Waals surface area contributed by atoms with Gasteiger partial charge in [0.05, 0.1) is 0 Å². The van der Waals surface area contributed by atoms with Gasteiger partial charge in [0.1, 0.15) is 0 Å². The van der Waals surface area contributed by atoms with Crippen molar-refractivity contribution in [1.29, 1.82) is 0 Å². The van der Waals surface area contributed by atoms with Crippen LogP contribution >= 0.6 is 0 Å². The summed E-state index contributed by atoms with van der Waals surface area (Å²) in [6.07, 6.45) is 7.87. The molecule has 0 saturated heterocycles. The Labute approximate surface area is 80.2 Å². The highest BCUT2D eigenvalue weighted by atomic mass is 14.6. The zero-order valence-electron chi connectivity index (χ0n) is 8.46. The summed E-state index contributed by atoms with van der Waals surface area (Å²) < 4.78 is 0. The number of nitrogens with zero attached hydrogens (tertiary/aromatic N) is 1. The molecule has 2 rings (SSSR count). The number of hydrogen-bond acceptors (Lipinski definition) is 1. The van der Waals surface area contributed by atoms with Gasteiger partial charge in [0.15, 0.2) is 0 Å². The van der Waals surface area contributed by atoms with E-state index in [1.165, 1.54) is 24.8 Å². The number of hydrogen-bond donors (Lipinski definition) is 0. The Hall–Kier alpha value is -0.850. The maximum Gasteiger partial charge on any atom is 0.0300 e. The molecule has 0 radical (unpaired) electrons. The van der Waals surface area contributed by atoms with E-state index >= 15 is 0 Å². The van der Waals surface area contributed by atoms with E-state index in [1.54, 1.807) is 0 Å². The van der Waals surface area contributed by atoms with Gasteiger partial charge >= 0.3 is 0 Å². The minimum atomic E-state index is 0.614. The maximum absolute atomic E-state index is 4.16. The Morgan fingerprint density at radius 2 is 2.23 bits per heavy atom. The third-order valence-electron chi connectivity index (χ3n) is 3.40. The zero-order chi connectivity index (χ0) is 9.31. The lowest BCUT2D eigenvalue weighted by Gasteiger charge is -2.19. The van der Waals surface area contributed by atoms with Gasteiger partial charge in [-0.25, -0.2) is 0 Å². The lowest BCUT2D eigenvalue weighted by molar-refractivity contribution is 0.357. The lowest BCUT2D eigenvalue weighted by Crippen LogP contribution is -2.12. The lowest BCUT2D eigenvalue weighted by atomic mass is 9.86. The van der Waals surface area contributed by atoms with Gasteiger partial charge in [-0.2, -0.15) is 0 Å². The SMILES string of the molecule is CC(C)C1(Cc2cccnc2)CC1. The summed E-state index contributed by atoms with van der Waals surface area (Å²) in [4.78, 5) is 4.16. The molecule has 0 atom stereocenters. The molecule has 0 bridgehead atoms. The summed E-state index contributed by atoms with van der Waals surface area (Å²) in [6.45, 7) is 4.67. The van der Waals surface area contributed by atoms with Crippen LogP contribution in [-0.4, -0.2) is 4.98 Å². The van der Waals surface area contributed by atoms with Crippen molar-refractivity contribution < 1.29 is 0 Å². The van der Waals surface area contributed by atoms with Crippen molar-refractivity contribution in [2.45, 2.75) is 33.1 Å². The molecule has 70 valence electrons. The molecule has 1 fully saturated rings. The monoisotopic (exact) mass is 175 g/mol. The van der Waals surface area contributed by atoms with E-state index in [0.717, 1.165) is 5.92 Å². The van der Waals surface area contributed by atoms with E-state index in [-0.39, 0.29) is 0 Å². The van der Waals surface area contributed by atoms with Crippen LogP contribution in [0.15, 0.2) is 24.5 Å². The van der Waals surface area contributed by atoms with Gasteiger partial charge in [-0.1, -0.05) is 19.9 Å². The minimum absolute atomic E-state index is 0.614. The smallest absolute Gasteiger partial charge is 0.0300 e. The van der Waals surface area contributed by atoms with Crippen molar-refractivity contribution in [3.05, 3.63) is 30.1 Å². The molecule has 0 N–H and O–H groups in total. The fraction of sp³-hybridized carbons (Fsp3) is 0.583. The first-order valence-electron chi connectivity index (χ1n) is 5.12. The molecule has 1 heteroatoms. The van der Waals surface area contributed by atoms with Gasteiger partial charge in [-0.15, -0.1) is 0 Å². The first-order valence-corrected chi connectivity index (χ1v) is 5.12. The summed E-state index contributed by atoms with van der Waals surface area (Å²) in [6, 6.07) is 4.22. The third-order valence-corrected chi connectivity index (χ3v) is 3.40. The van der Waals surface area contributed by atoms with Crippen LogP contribution < -0.4 is 0 Å². The second kappa shape index (κ2) is 3.13. The molecular weight excluding hydrogens is 158 g/mol. The molecule has 1 aliphatic carbocycles. The van der Waals surface area contributed by atoms with Crippen molar-refractivity contribution >= 4 is 0 Å². The molecular formula is C12H17N. The topological polar surface area (TPSA) is 12.9 Å². The van der Waals surface area contributed by atoms with Crippen LogP contribution in [0.3, 0.4) is 0 Å². The fourth-order valence-corrected chi connectivity index (χ4v) is 2.03. The van der Waals surface area contributed by atoms with Crippen molar-refractivity contribution in [2.75, 3.05) is 0 Å². The molecule has 1 heterocycles. The molecule has 0 aliphatic heterocycles. The van der Waals surface area contributed by atoms with Gasteiger partial charge in [0.2, 0.25) is 0 Å². The second-order valence-electron chi connectivity index (χ2n) is 4.56. The van der Waals surface area contributed by atoms with E-state index in [0.29, 0.717) is 5.41 Å². The molecule has 13 heavy (non-hydrogen) atoms. The summed E-state index contributed by atoms with van der Waals surface area (Å²) in [5, 5.41) is 0. The molecule has 0 spiro atoms. The Kier molecular flexibility index (Phi) is 2.10. The quantitative estimate of drug-likeness (QED) is 0.688. The van der Waals surface area contributed by atoms with Crippen LogP contribution in [0.1, 0.15) is 32.3 Å². The highest BCUT2D eigenvalue weighted by Crippen LogP contribution is 2.53. The van der Waals surface area contributed by atoms with Gasteiger partial charge in [-0.05, 0) is 42.2 Å². The third kappa shape index (κ3) is 1.74. The summed E-state index contributed by atoms with van der Waals surface area (Å²) >= 11 is 0. The van der Waals surface area contributed by atoms with E-state index in [2.05, 4.69) is 24.9 Å². The maximum atomic E-state index is 4.16. The average molecular weight is 175 g/mol. The largest absolute Gasteiger partial charge is 0.264 e. The zero-order valence-corrected chi connectivity index (χ0v) is 8.46. The molecule has 1 aliphatic rings. The predicted octanol–water partition coefficient (Wildman–Crippen LogP) is 3.06. The summed E-state index contributed by atoms with van der Waals surface area (Å²) in [5.41, 5.74) is 2.01. The molecule has 0 amide bonds. The number of pyridine rings is 1. The molecule has 0 unspecified atom stereocenters. The Balaban J connectivity index is 2.07. The van der Waals surface area contributed by atoms with Crippen LogP contribution in [0.5, 0.6) is 0 Å². The Morgan fingerprint density at radius 1 is 1.46 bits per heavy atom. The predicted molar refractivity (Wildman–Crippen MR) is 54.4 cm³/mol. The minimum Gasteiger partial charge on any atom is -0.264 e. The highest BCUT2D eigenvalue weighted by Gasteiger charge is 2.44. The van der Waals surface area contributed by atoms with Gasteiger partial charge in [-0.3, -0.25) is 4.98 Å². The summed E-state index contributed by atoms with van der Waals surface area (Å²) in [5.74, 6) is 0.813. The number of aromatic nitrogens is 1. The molecule has 1 saturated carbocycles. The first kappa shape index (κ1) is 8.74. The molecule has 1 aromatic heterocycles. The van der Waals surface area contributed by atoms with E-state index in [1.807, 2.05) is 18.5 Å². The van der Waals surface area contributed by atoms with E-state index in [4.69, 9.17) is 0 Å². The first-order chi connectivity index (χ1) is 6.23. The van der Waals surface area contributed by atoms with Crippen LogP contribution in [-0.2, 0) is 6.42 Å². The van der Waals surface area contributed by atoms with Gasteiger partial charge in [0, 0.05) is 12.4 Å². The van der Waals surface area contributed by atoms with Gasteiger partial charge < -0.3 is 0 Å². The van der Waals surface area contributed by atoms with E-state index < -0.39 is 0 Å². The van der Waals surface area contributed by atoms with Crippen LogP contribution in [0.4, 0.5) is 0 Å². The Bertz CT molecular complexity index is 272. The fourth-order valence-electron chi connectivity index (χ4n) is 2.03. The van der Waals surface area contributed by atoms with Crippen LogP contribution in [0.2, 0.25) is 0 Å². The molecule has 1 nitrogen and oxygen atoms in total. The highest BCUT2D eigenvalue weighted by molar-refractivity contribution is 5.14. The summed E-state index contributed by atoms with van der Waals surface area (Å²) in [7, 11) is 0. The van der Waals surface area contributed by atoms with Crippen molar-refractivity contribution in [3.63, 3.8) is 0 Å². The van der Waals surface area contributed by atoms with E-state index in [9.17, 15) is 0 Å². The van der Waals surface area contributed by atoms with Crippen molar-refractivity contribution in [2.24, 2.45) is 11.3 Å². The molecule has 1 aromatic rings.